The number of H-pyrrole nitrogens is 1. The van der Waals surface area contributed by atoms with Crippen molar-refractivity contribution in [2.75, 3.05) is 43.9 Å². The molecule has 0 bridgehead atoms. The van der Waals surface area contributed by atoms with Crippen LogP contribution in [0, 0.1) is 6.92 Å². The van der Waals surface area contributed by atoms with E-state index < -0.39 is 17.6 Å². The monoisotopic (exact) mass is 536 g/mol. The van der Waals surface area contributed by atoms with Crippen LogP contribution in [0.15, 0.2) is 60.9 Å². The number of carbonyl (C=O) groups excluding carboxylic acids is 1. The Balaban J connectivity index is 1.29. The van der Waals surface area contributed by atoms with Gasteiger partial charge in [0.05, 0.1) is 17.4 Å². The maximum Gasteiger partial charge on any atom is 0.416 e. The van der Waals surface area contributed by atoms with Crippen LogP contribution in [0.25, 0.3) is 11.0 Å². The number of aromatic nitrogens is 2. The van der Waals surface area contributed by atoms with Gasteiger partial charge < -0.3 is 20.5 Å². The molecule has 1 amide bonds. The minimum atomic E-state index is -4.56. The van der Waals surface area contributed by atoms with Gasteiger partial charge in [0.15, 0.2) is 0 Å². The molecule has 1 aliphatic heterocycles. The highest BCUT2D eigenvalue weighted by molar-refractivity contribution is 6.04. The normalized spacial score (nSPS) is 15.0. The minimum absolute atomic E-state index is 0.0319. The average molecular weight is 537 g/mol. The first-order chi connectivity index (χ1) is 18.7. The van der Waals surface area contributed by atoms with Crippen molar-refractivity contribution in [1.29, 1.82) is 0 Å². The van der Waals surface area contributed by atoms with Crippen LogP contribution in [0.1, 0.15) is 32.6 Å². The number of alkyl halides is 3. The predicted octanol–water partition coefficient (Wildman–Crippen LogP) is 5.50. The number of aryl methyl sites for hydroxylation is 1. The second-order valence-corrected chi connectivity index (χ2v) is 10.0. The summed E-state index contributed by atoms with van der Waals surface area (Å²) in [4.78, 5) is 24.6. The molecule has 0 saturated carbocycles. The van der Waals surface area contributed by atoms with E-state index in [1.54, 1.807) is 12.3 Å². The molecule has 5 rings (SSSR count). The van der Waals surface area contributed by atoms with E-state index in [-0.39, 0.29) is 17.7 Å². The van der Waals surface area contributed by atoms with Crippen molar-refractivity contribution in [1.82, 2.24) is 19.8 Å². The van der Waals surface area contributed by atoms with Gasteiger partial charge in [0.1, 0.15) is 5.65 Å². The lowest BCUT2D eigenvalue weighted by molar-refractivity contribution is -0.138. The summed E-state index contributed by atoms with van der Waals surface area (Å²) in [6.45, 7) is 5.70. The molecular weight excluding hydrogens is 505 g/mol. The van der Waals surface area contributed by atoms with Crippen LogP contribution in [-0.2, 0) is 19.3 Å². The van der Waals surface area contributed by atoms with E-state index in [2.05, 4.69) is 25.5 Å². The molecule has 2 aromatic carbocycles. The fourth-order valence-corrected chi connectivity index (χ4v) is 4.74. The van der Waals surface area contributed by atoms with Gasteiger partial charge in [-0.15, -0.1) is 0 Å². The highest BCUT2D eigenvalue weighted by Crippen LogP contribution is 2.34. The van der Waals surface area contributed by atoms with E-state index in [0.29, 0.717) is 25.3 Å². The number of hydrogen-bond acceptors (Lipinski definition) is 5. The highest BCUT2D eigenvalue weighted by Gasteiger charge is 2.34. The van der Waals surface area contributed by atoms with Gasteiger partial charge in [0.25, 0.3) is 5.91 Å². The number of benzene rings is 2. The number of aromatic amines is 1. The van der Waals surface area contributed by atoms with Crippen molar-refractivity contribution in [2.45, 2.75) is 26.2 Å². The number of nitrogens with one attached hydrogen (secondary N) is 3. The fraction of sp³-hybridized carbons (Fsp3) is 0.310. The Hall–Kier alpha value is -3.89. The van der Waals surface area contributed by atoms with Gasteiger partial charge in [0.2, 0.25) is 0 Å². The third-order valence-electron chi connectivity index (χ3n) is 7.16. The summed E-state index contributed by atoms with van der Waals surface area (Å²) in [5.74, 6) is -0.587. The number of rotatable bonds is 7. The number of likely N-dealkylation sites (N-methyl/N-ethyl adjacent to an activating group) is 1. The molecular formula is C29H31F3N6O. The maximum absolute atomic E-state index is 14.0. The number of halogens is 3. The van der Waals surface area contributed by atoms with Crippen molar-refractivity contribution in [3.63, 3.8) is 0 Å². The van der Waals surface area contributed by atoms with Crippen LogP contribution < -0.4 is 10.6 Å². The number of pyridine rings is 1. The summed E-state index contributed by atoms with van der Waals surface area (Å²) in [5.41, 5.74) is 3.52. The van der Waals surface area contributed by atoms with E-state index in [4.69, 9.17) is 0 Å². The van der Waals surface area contributed by atoms with Crippen molar-refractivity contribution < 1.29 is 18.0 Å². The molecule has 0 atom stereocenters. The molecule has 10 heteroatoms. The quantitative estimate of drug-likeness (QED) is 0.291. The Morgan fingerprint density at radius 3 is 2.56 bits per heavy atom. The Kier molecular flexibility index (Phi) is 7.58. The van der Waals surface area contributed by atoms with E-state index in [1.807, 2.05) is 49.3 Å². The van der Waals surface area contributed by atoms with E-state index in [9.17, 15) is 18.0 Å². The third kappa shape index (κ3) is 6.40. The van der Waals surface area contributed by atoms with Gasteiger partial charge in [0, 0.05) is 62.1 Å². The average Bonchev–Trinajstić information content (AvgIpc) is 3.38. The summed E-state index contributed by atoms with van der Waals surface area (Å²) >= 11 is 0. The molecule has 3 heterocycles. The molecule has 204 valence electrons. The van der Waals surface area contributed by atoms with Crippen LogP contribution in [0.5, 0.6) is 0 Å². The van der Waals surface area contributed by atoms with Crippen LogP contribution in [-0.4, -0.2) is 58.9 Å². The van der Waals surface area contributed by atoms with Gasteiger partial charge in [-0.05, 0) is 67.1 Å². The molecule has 0 aliphatic carbocycles. The zero-order chi connectivity index (χ0) is 27.6. The van der Waals surface area contributed by atoms with Gasteiger partial charge in [-0.25, -0.2) is 4.98 Å². The first-order valence-electron chi connectivity index (χ1n) is 12.8. The van der Waals surface area contributed by atoms with Crippen molar-refractivity contribution >= 4 is 28.3 Å². The molecule has 3 N–H and O–H groups in total. The first-order valence-corrected chi connectivity index (χ1v) is 12.8. The first kappa shape index (κ1) is 26.7. The van der Waals surface area contributed by atoms with E-state index in [0.717, 1.165) is 47.0 Å². The van der Waals surface area contributed by atoms with Crippen molar-refractivity contribution in [3.05, 3.63) is 88.7 Å². The Morgan fingerprint density at radius 1 is 1.00 bits per heavy atom. The Bertz CT molecular complexity index is 1470. The second kappa shape index (κ2) is 11.1. The van der Waals surface area contributed by atoms with Crippen molar-refractivity contribution in [2.24, 2.45) is 0 Å². The molecule has 7 nitrogen and oxygen atoms in total. The molecule has 39 heavy (non-hydrogen) atoms. The molecule has 0 unspecified atom stereocenters. The largest absolute Gasteiger partial charge is 0.416 e. The molecule has 1 aliphatic rings. The summed E-state index contributed by atoms with van der Waals surface area (Å²) in [5, 5.41) is 7.10. The number of nitrogens with zero attached hydrogens (tertiary/aromatic N) is 3. The van der Waals surface area contributed by atoms with Gasteiger partial charge in [-0.3, -0.25) is 9.69 Å². The fourth-order valence-electron chi connectivity index (χ4n) is 4.74. The van der Waals surface area contributed by atoms with E-state index in [1.165, 1.54) is 12.1 Å². The molecule has 0 spiro atoms. The number of piperazine rings is 1. The zero-order valence-corrected chi connectivity index (χ0v) is 21.9. The maximum atomic E-state index is 14.0. The second-order valence-electron chi connectivity index (χ2n) is 10.0. The van der Waals surface area contributed by atoms with Crippen molar-refractivity contribution in [3.8, 4) is 0 Å². The Labute approximate surface area is 225 Å². The standard InChI is InChI=1S/C29H31F3N6O/c1-19-3-6-24(14-23(19)16-34-25-13-20-7-8-33-27(20)35-17-25)36-28(39)21-4-5-22(26(15-21)29(30,31)32)18-38-11-9-37(2)10-12-38/h3-8,13-15,17,34H,9-12,16,18H2,1-2H3,(H,33,35)(H,36,39). The van der Waals surface area contributed by atoms with Gasteiger partial charge in [-0.1, -0.05) is 12.1 Å². The molecule has 1 saturated heterocycles. The van der Waals surface area contributed by atoms with Gasteiger partial charge in [-0.2, -0.15) is 13.2 Å². The number of anilines is 2. The summed E-state index contributed by atoms with van der Waals surface area (Å²) in [7, 11) is 2.00. The summed E-state index contributed by atoms with van der Waals surface area (Å²) in [6.07, 6.45) is -0.985. The highest BCUT2D eigenvalue weighted by atomic mass is 19.4. The summed E-state index contributed by atoms with van der Waals surface area (Å²) < 4.78 is 41.9. The molecule has 4 aromatic rings. The number of carbonyl (C=O) groups is 1. The number of amides is 1. The van der Waals surface area contributed by atoms with Crippen LogP contribution in [0.3, 0.4) is 0 Å². The minimum Gasteiger partial charge on any atom is -0.380 e. The number of fused-ring (bicyclic) bond motifs is 1. The smallest absolute Gasteiger partial charge is 0.380 e. The Morgan fingerprint density at radius 2 is 1.79 bits per heavy atom. The van der Waals surface area contributed by atoms with Crippen LogP contribution >= 0.6 is 0 Å². The molecule has 0 radical (unpaired) electrons. The zero-order valence-electron chi connectivity index (χ0n) is 21.9. The lowest BCUT2D eigenvalue weighted by atomic mass is 10.0. The number of hydrogen-bond donors (Lipinski definition) is 3. The lowest BCUT2D eigenvalue weighted by Crippen LogP contribution is -2.44. The molecule has 2 aromatic heterocycles. The van der Waals surface area contributed by atoms with Gasteiger partial charge >= 0.3 is 6.18 Å². The summed E-state index contributed by atoms with van der Waals surface area (Å²) in [6, 6.07) is 13.2. The SMILES string of the molecule is Cc1ccc(NC(=O)c2ccc(CN3CCN(C)CC3)c(C(F)(F)F)c2)cc1CNc1cnc2[nH]ccc2c1. The predicted molar refractivity (Wildman–Crippen MR) is 147 cm³/mol. The van der Waals surface area contributed by atoms with Crippen LogP contribution in [0.2, 0.25) is 0 Å². The van der Waals surface area contributed by atoms with Crippen LogP contribution in [0.4, 0.5) is 24.5 Å². The third-order valence-corrected chi connectivity index (χ3v) is 7.16. The molecule has 1 fully saturated rings. The lowest BCUT2D eigenvalue weighted by Gasteiger charge is -2.33. The topological polar surface area (TPSA) is 76.3 Å². The van der Waals surface area contributed by atoms with E-state index >= 15 is 0 Å².